The maximum Gasteiger partial charge on any atom is 0.219 e. The van der Waals surface area contributed by atoms with Gasteiger partial charge in [0, 0.05) is 23.6 Å². The first kappa shape index (κ1) is 13.6. The Labute approximate surface area is 130 Å². The van der Waals surface area contributed by atoms with Crippen molar-refractivity contribution in [3.8, 4) is 5.88 Å². The van der Waals surface area contributed by atoms with Crippen LogP contribution in [0.4, 0.5) is 8.78 Å². The number of hydrogen-bond acceptors (Lipinski definition) is 3. The Hall–Kier alpha value is -3.02. The van der Waals surface area contributed by atoms with E-state index in [9.17, 15) is 13.9 Å². The van der Waals surface area contributed by atoms with Crippen molar-refractivity contribution >= 4 is 11.2 Å². The zero-order valence-corrected chi connectivity index (χ0v) is 11.9. The second-order valence-electron chi connectivity index (χ2n) is 5.27. The molecule has 1 aliphatic rings. The molecule has 0 spiro atoms. The Morgan fingerprint density at radius 1 is 1.13 bits per heavy atom. The van der Waals surface area contributed by atoms with Crippen molar-refractivity contribution < 1.29 is 13.9 Å². The maximum absolute atomic E-state index is 13.4. The second-order valence-corrected chi connectivity index (χ2v) is 5.27. The summed E-state index contributed by atoms with van der Waals surface area (Å²) >= 11 is 0. The van der Waals surface area contributed by atoms with E-state index in [-0.39, 0.29) is 12.3 Å². The first-order valence-electron chi connectivity index (χ1n) is 7.02. The average Bonchev–Trinajstić information content (AvgIpc) is 2.93. The highest BCUT2D eigenvalue weighted by Gasteiger charge is 2.19. The minimum Gasteiger partial charge on any atom is -0.493 e. The number of allylic oxidation sites excluding steroid dienone is 4. The van der Waals surface area contributed by atoms with E-state index in [1.807, 2.05) is 18.2 Å². The quantitative estimate of drug-likeness (QED) is 0.808. The van der Waals surface area contributed by atoms with Gasteiger partial charge in [-0.15, -0.1) is 0 Å². The van der Waals surface area contributed by atoms with Crippen molar-refractivity contribution in [2.24, 2.45) is 0 Å². The van der Waals surface area contributed by atoms with Crippen LogP contribution in [-0.4, -0.2) is 19.7 Å². The summed E-state index contributed by atoms with van der Waals surface area (Å²) in [5.74, 6) is -1.87. The monoisotopic (exact) mass is 311 g/mol. The molecule has 0 aliphatic heterocycles. The Balaban J connectivity index is 1.86. The zero-order valence-electron chi connectivity index (χ0n) is 11.9. The molecule has 1 aliphatic carbocycles. The summed E-state index contributed by atoms with van der Waals surface area (Å²) in [7, 11) is 0. The molecule has 1 N–H and O–H groups in total. The highest BCUT2D eigenvalue weighted by atomic mass is 19.2. The molecule has 3 aromatic rings. The molecule has 0 bridgehead atoms. The molecule has 114 valence electrons. The average molecular weight is 311 g/mol. The normalized spacial score (nSPS) is 13.2. The van der Waals surface area contributed by atoms with Crippen molar-refractivity contribution in [1.82, 2.24) is 14.6 Å². The molecule has 23 heavy (non-hydrogen) atoms. The summed E-state index contributed by atoms with van der Waals surface area (Å²) in [6, 6.07) is 5.37. The largest absolute Gasteiger partial charge is 0.493 e. The van der Waals surface area contributed by atoms with Gasteiger partial charge in [-0.25, -0.2) is 13.8 Å². The topological polar surface area (TPSA) is 50.4 Å². The minimum absolute atomic E-state index is 0.0547. The lowest BCUT2D eigenvalue weighted by Gasteiger charge is -2.15. The van der Waals surface area contributed by atoms with Crippen LogP contribution in [0.3, 0.4) is 0 Å². The van der Waals surface area contributed by atoms with Crippen LogP contribution in [0.25, 0.3) is 11.2 Å². The molecule has 0 atom stereocenters. The number of hydrogen-bond donors (Lipinski definition) is 1. The van der Waals surface area contributed by atoms with Gasteiger partial charge in [0.1, 0.15) is 0 Å². The van der Waals surface area contributed by atoms with Gasteiger partial charge in [0.25, 0.3) is 0 Å². The lowest BCUT2D eigenvalue weighted by atomic mass is 9.96. The number of benzene rings is 1. The first-order chi connectivity index (χ1) is 11.1. The van der Waals surface area contributed by atoms with E-state index in [1.165, 1.54) is 16.8 Å². The standard InChI is InChI=1S/C17H11F2N3O/c18-13-5-4-10(9-14(13)19)8-12-16(11-2-1-3-11)21-15-6-7-20-22(15)17(12)23/h1-7,9,23H,8H2. The van der Waals surface area contributed by atoms with Crippen LogP contribution in [0.15, 0.2) is 48.7 Å². The van der Waals surface area contributed by atoms with Crippen LogP contribution in [-0.2, 0) is 6.42 Å². The van der Waals surface area contributed by atoms with Crippen LogP contribution in [0.5, 0.6) is 5.88 Å². The Morgan fingerprint density at radius 2 is 1.96 bits per heavy atom. The molecule has 0 saturated heterocycles. The number of halogens is 2. The van der Waals surface area contributed by atoms with E-state index in [0.717, 1.165) is 17.7 Å². The van der Waals surface area contributed by atoms with E-state index in [4.69, 9.17) is 0 Å². The van der Waals surface area contributed by atoms with Crippen LogP contribution >= 0.6 is 0 Å². The van der Waals surface area contributed by atoms with E-state index in [2.05, 4.69) is 10.1 Å². The lowest BCUT2D eigenvalue weighted by Crippen LogP contribution is -2.06. The third-order valence-corrected chi connectivity index (χ3v) is 3.80. The fourth-order valence-electron chi connectivity index (χ4n) is 2.57. The summed E-state index contributed by atoms with van der Waals surface area (Å²) in [6.07, 6.45) is 7.38. The third-order valence-electron chi connectivity index (χ3n) is 3.80. The summed E-state index contributed by atoms with van der Waals surface area (Å²) < 4.78 is 27.8. The molecule has 2 heterocycles. The molecule has 2 aromatic heterocycles. The molecule has 0 amide bonds. The maximum atomic E-state index is 13.4. The summed E-state index contributed by atoms with van der Waals surface area (Å²) in [4.78, 5) is 4.51. The Morgan fingerprint density at radius 3 is 2.65 bits per heavy atom. The van der Waals surface area contributed by atoms with Gasteiger partial charge >= 0.3 is 0 Å². The first-order valence-corrected chi connectivity index (χ1v) is 7.02. The van der Waals surface area contributed by atoms with Crippen LogP contribution in [0.2, 0.25) is 0 Å². The van der Waals surface area contributed by atoms with Crippen molar-refractivity contribution in [3.05, 3.63) is 77.1 Å². The van der Waals surface area contributed by atoms with Gasteiger partial charge in [0.05, 0.1) is 11.9 Å². The fourth-order valence-corrected chi connectivity index (χ4v) is 2.57. The van der Waals surface area contributed by atoms with E-state index >= 15 is 0 Å². The van der Waals surface area contributed by atoms with Gasteiger partial charge in [-0.05, 0) is 17.7 Å². The highest BCUT2D eigenvalue weighted by molar-refractivity contribution is 5.82. The molecule has 0 radical (unpaired) electrons. The van der Waals surface area contributed by atoms with Crippen LogP contribution in [0, 0.1) is 11.6 Å². The molecule has 0 unspecified atom stereocenters. The van der Waals surface area contributed by atoms with E-state index in [1.54, 1.807) is 6.07 Å². The van der Waals surface area contributed by atoms with Gasteiger partial charge in [-0.3, -0.25) is 0 Å². The number of rotatable bonds is 3. The van der Waals surface area contributed by atoms with Crippen LogP contribution < -0.4 is 0 Å². The number of aromatic hydroxyl groups is 1. The molecule has 6 heteroatoms. The van der Waals surface area contributed by atoms with Crippen molar-refractivity contribution in [2.45, 2.75) is 6.42 Å². The predicted molar refractivity (Wildman–Crippen MR) is 80.9 cm³/mol. The van der Waals surface area contributed by atoms with E-state index < -0.39 is 11.6 Å². The molecule has 0 saturated carbocycles. The predicted octanol–water partition coefficient (Wildman–Crippen LogP) is 3.26. The number of nitrogens with zero attached hydrogens (tertiary/aromatic N) is 3. The molecule has 4 rings (SSSR count). The van der Waals surface area contributed by atoms with Crippen molar-refractivity contribution in [3.63, 3.8) is 0 Å². The van der Waals surface area contributed by atoms with Gasteiger partial charge in [-0.1, -0.05) is 24.3 Å². The fraction of sp³-hybridized carbons (Fsp3) is 0.0588. The lowest BCUT2D eigenvalue weighted by molar-refractivity contribution is 0.428. The van der Waals surface area contributed by atoms with E-state index in [0.29, 0.717) is 22.5 Å². The number of aromatic nitrogens is 3. The molecule has 0 fully saturated rings. The van der Waals surface area contributed by atoms with Gasteiger partial charge < -0.3 is 5.11 Å². The third kappa shape index (κ3) is 2.19. The second kappa shape index (κ2) is 5.01. The smallest absolute Gasteiger partial charge is 0.219 e. The summed E-state index contributed by atoms with van der Waals surface area (Å²) in [5, 5.41) is 14.5. The van der Waals surface area contributed by atoms with Gasteiger partial charge in [-0.2, -0.15) is 9.61 Å². The summed E-state index contributed by atoms with van der Waals surface area (Å²) in [6.45, 7) is 0. The highest BCUT2D eigenvalue weighted by Crippen LogP contribution is 2.31. The Kier molecular flexibility index (Phi) is 2.97. The summed E-state index contributed by atoms with van der Waals surface area (Å²) in [5.41, 5.74) is 3.07. The minimum atomic E-state index is -0.917. The van der Waals surface area contributed by atoms with Crippen molar-refractivity contribution in [1.29, 1.82) is 0 Å². The van der Waals surface area contributed by atoms with Gasteiger partial charge in [0.2, 0.25) is 5.88 Å². The SMILES string of the molecule is Oc1c(Cc2ccc(F)c(F)c2)c(C2=CC=C2)nc2ccnn12. The van der Waals surface area contributed by atoms with Crippen molar-refractivity contribution in [2.75, 3.05) is 0 Å². The molecular weight excluding hydrogens is 300 g/mol. The van der Waals surface area contributed by atoms with Crippen LogP contribution in [0.1, 0.15) is 16.8 Å². The molecular formula is C17H11F2N3O. The Bertz CT molecular complexity index is 989. The molecule has 4 nitrogen and oxygen atoms in total. The number of fused-ring (bicyclic) bond motifs is 1. The molecule has 1 aromatic carbocycles. The van der Waals surface area contributed by atoms with Gasteiger partial charge in [0.15, 0.2) is 17.3 Å². The zero-order chi connectivity index (χ0) is 16.0.